The van der Waals surface area contributed by atoms with E-state index in [0.717, 1.165) is 50.9 Å². The van der Waals surface area contributed by atoms with Gasteiger partial charge >= 0.3 is 0 Å². The highest BCUT2D eigenvalue weighted by Crippen LogP contribution is 2.39. The first-order chi connectivity index (χ1) is 17.8. The number of rotatable bonds is 2. The van der Waals surface area contributed by atoms with Crippen LogP contribution in [0.3, 0.4) is 0 Å². The van der Waals surface area contributed by atoms with Crippen molar-refractivity contribution < 1.29 is 9.47 Å². The van der Waals surface area contributed by atoms with Gasteiger partial charge in [-0.05, 0) is 40.8 Å². The number of hydrogen-bond donors (Lipinski definition) is 0. The summed E-state index contributed by atoms with van der Waals surface area (Å²) in [7, 11) is 0. The Morgan fingerprint density at radius 2 is 1.11 bits per heavy atom. The Morgan fingerprint density at radius 1 is 0.528 bits per heavy atom. The number of nitrogens with zero attached hydrogens (tertiary/aromatic N) is 1. The van der Waals surface area contributed by atoms with Crippen molar-refractivity contribution in [3.63, 3.8) is 0 Å². The van der Waals surface area contributed by atoms with Gasteiger partial charge in [0, 0.05) is 23.0 Å². The molecule has 3 heterocycles. The second-order valence-corrected chi connectivity index (χ2v) is 9.36. The molecule has 2 aliphatic rings. The lowest BCUT2D eigenvalue weighted by Crippen LogP contribution is -2.57. The lowest BCUT2D eigenvalue weighted by atomic mass is 9.35. The summed E-state index contributed by atoms with van der Waals surface area (Å²) in [6.45, 7) is 0.0777. The molecule has 0 N–H and O–H groups in total. The molecule has 8 rings (SSSR count). The lowest BCUT2D eigenvalue weighted by Gasteiger charge is -2.33. The topological polar surface area (TPSA) is 23.4 Å². The van der Waals surface area contributed by atoms with Crippen LogP contribution >= 0.6 is 0 Å². The van der Waals surface area contributed by atoms with Gasteiger partial charge in [0.1, 0.15) is 23.0 Å². The third kappa shape index (κ3) is 2.76. The van der Waals surface area contributed by atoms with Crippen LogP contribution in [0.2, 0.25) is 0 Å². The Morgan fingerprint density at radius 3 is 1.81 bits per heavy atom. The number of benzene rings is 5. The van der Waals surface area contributed by atoms with Gasteiger partial charge < -0.3 is 14.0 Å². The quantitative estimate of drug-likeness (QED) is 0.294. The van der Waals surface area contributed by atoms with Gasteiger partial charge in [-0.25, -0.2) is 0 Å². The van der Waals surface area contributed by atoms with E-state index in [1.54, 1.807) is 0 Å². The van der Waals surface area contributed by atoms with Crippen molar-refractivity contribution in [2.45, 2.75) is 0 Å². The molecule has 0 amide bonds. The molecule has 0 radical (unpaired) electrons. The normalized spacial score (nSPS) is 12.8. The van der Waals surface area contributed by atoms with Crippen molar-refractivity contribution in [1.29, 1.82) is 0 Å². The third-order valence-corrected chi connectivity index (χ3v) is 7.32. The van der Waals surface area contributed by atoms with E-state index in [1.807, 2.05) is 12.1 Å². The van der Waals surface area contributed by atoms with Crippen LogP contribution in [-0.4, -0.2) is 11.3 Å². The van der Waals surface area contributed by atoms with Gasteiger partial charge in [-0.3, -0.25) is 0 Å². The van der Waals surface area contributed by atoms with Crippen LogP contribution in [0.4, 0.5) is 0 Å². The number of aromatic nitrogens is 1. The zero-order chi connectivity index (χ0) is 23.6. The average molecular weight is 461 g/mol. The van der Waals surface area contributed by atoms with Gasteiger partial charge in [0.05, 0.1) is 16.9 Å². The number of ether oxygens (including phenoxy) is 2. The SMILES string of the molecule is c1ccc(-c2cc3ccccc3n2-c2cc3c4c(c2)Oc2ccccc2B4c2ccccc2O3)cc1. The molecule has 168 valence electrons. The first kappa shape index (κ1) is 19.6. The van der Waals surface area contributed by atoms with Gasteiger partial charge in [-0.15, -0.1) is 0 Å². The first-order valence-corrected chi connectivity index (χ1v) is 12.2. The van der Waals surface area contributed by atoms with E-state index in [4.69, 9.17) is 9.47 Å². The maximum atomic E-state index is 6.54. The highest BCUT2D eigenvalue weighted by molar-refractivity contribution is 6.98. The van der Waals surface area contributed by atoms with E-state index in [1.165, 1.54) is 16.3 Å². The minimum atomic E-state index is 0.0777. The van der Waals surface area contributed by atoms with Crippen LogP contribution in [0, 0.1) is 0 Å². The minimum Gasteiger partial charge on any atom is -0.458 e. The largest absolute Gasteiger partial charge is 0.458 e. The van der Waals surface area contributed by atoms with Crippen LogP contribution in [-0.2, 0) is 0 Å². The fourth-order valence-electron chi connectivity index (χ4n) is 5.76. The Hall–Kier alpha value is -4.70. The van der Waals surface area contributed by atoms with E-state index >= 15 is 0 Å². The smallest absolute Gasteiger partial charge is 0.260 e. The zero-order valence-electron chi connectivity index (χ0n) is 19.4. The summed E-state index contributed by atoms with van der Waals surface area (Å²) in [6, 6.07) is 42.3. The Labute approximate surface area is 209 Å². The summed E-state index contributed by atoms with van der Waals surface area (Å²) in [6.07, 6.45) is 0. The maximum Gasteiger partial charge on any atom is 0.260 e. The molecule has 2 aliphatic heterocycles. The monoisotopic (exact) mass is 461 g/mol. The third-order valence-electron chi connectivity index (χ3n) is 7.32. The summed E-state index contributed by atoms with van der Waals surface area (Å²) in [5.41, 5.74) is 7.89. The molecule has 0 saturated heterocycles. The van der Waals surface area contributed by atoms with Gasteiger partial charge in [-0.1, -0.05) is 84.9 Å². The predicted molar refractivity (Wildman–Crippen MR) is 146 cm³/mol. The second kappa shape index (κ2) is 7.40. The molecule has 6 aromatic rings. The minimum absolute atomic E-state index is 0.0777. The molecule has 0 spiro atoms. The molecule has 5 aromatic carbocycles. The second-order valence-electron chi connectivity index (χ2n) is 9.36. The lowest BCUT2D eigenvalue weighted by molar-refractivity contribution is 0.464. The number of para-hydroxylation sites is 3. The summed E-state index contributed by atoms with van der Waals surface area (Å²) in [5.74, 6) is 3.49. The number of hydrogen-bond acceptors (Lipinski definition) is 2. The van der Waals surface area contributed by atoms with Crippen molar-refractivity contribution in [1.82, 2.24) is 4.57 Å². The van der Waals surface area contributed by atoms with Crippen molar-refractivity contribution in [2.24, 2.45) is 0 Å². The average Bonchev–Trinajstić information content (AvgIpc) is 3.33. The molecule has 4 heteroatoms. The van der Waals surface area contributed by atoms with Crippen LogP contribution in [0.5, 0.6) is 23.0 Å². The molecular weight excluding hydrogens is 441 g/mol. The van der Waals surface area contributed by atoms with Crippen LogP contribution in [0.25, 0.3) is 27.8 Å². The van der Waals surface area contributed by atoms with E-state index in [0.29, 0.717) is 0 Å². The molecule has 0 aliphatic carbocycles. The highest BCUT2D eigenvalue weighted by atomic mass is 16.5. The van der Waals surface area contributed by atoms with Gasteiger partial charge in [-0.2, -0.15) is 0 Å². The fourth-order valence-corrected chi connectivity index (χ4v) is 5.76. The molecule has 3 nitrogen and oxygen atoms in total. The molecule has 0 bridgehead atoms. The maximum absolute atomic E-state index is 6.54. The molecule has 0 saturated carbocycles. The molecular formula is C32H20BNO2. The van der Waals surface area contributed by atoms with Crippen LogP contribution < -0.4 is 25.9 Å². The van der Waals surface area contributed by atoms with Crippen molar-refractivity contribution >= 4 is 34.0 Å². The van der Waals surface area contributed by atoms with Crippen molar-refractivity contribution in [3.05, 3.63) is 121 Å². The van der Waals surface area contributed by atoms with Gasteiger partial charge in [0.25, 0.3) is 6.71 Å². The van der Waals surface area contributed by atoms with Crippen molar-refractivity contribution in [2.75, 3.05) is 0 Å². The molecule has 0 unspecified atom stereocenters. The fraction of sp³-hybridized carbons (Fsp3) is 0. The van der Waals surface area contributed by atoms with Crippen LogP contribution in [0.1, 0.15) is 0 Å². The highest BCUT2D eigenvalue weighted by Gasteiger charge is 2.40. The van der Waals surface area contributed by atoms with E-state index in [2.05, 4.69) is 114 Å². The van der Waals surface area contributed by atoms with Crippen LogP contribution in [0.15, 0.2) is 121 Å². The molecule has 1 aromatic heterocycles. The van der Waals surface area contributed by atoms with Crippen molar-refractivity contribution in [3.8, 4) is 39.9 Å². The zero-order valence-corrected chi connectivity index (χ0v) is 19.4. The van der Waals surface area contributed by atoms with Gasteiger partial charge in [0.15, 0.2) is 0 Å². The van der Waals surface area contributed by atoms with E-state index in [-0.39, 0.29) is 6.71 Å². The standard InChI is InChI=1S/C32H20BNO2/c1-2-10-21(11-3-1)27-18-22-12-4-7-15-26(22)34(27)23-19-30-32-31(20-23)36-29-17-9-6-14-25(29)33(32)24-13-5-8-16-28(24)35-30/h1-20H. The van der Waals surface area contributed by atoms with Gasteiger partial charge in [0.2, 0.25) is 0 Å². The summed E-state index contributed by atoms with van der Waals surface area (Å²) >= 11 is 0. The summed E-state index contributed by atoms with van der Waals surface area (Å²) in [4.78, 5) is 0. The predicted octanol–water partition coefficient (Wildman–Crippen LogP) is 6.03. The number of fused-ring (bicyclic) bond motifs is 5. The Balaban J connectivity index is 1.42. The summed E-state index contributed by atoms with van der Waals surface area (Å²) in [5, 5.41) is 1.19. The molecule has 36 heavy (non-hydrogen) atoms. The Bertz CT molecular complexity index is 1730. The Kier molecular flexibility index (Phi) is 4.03. The first-order valence-electron chi connectivity index (χ1n) is 12.2. The van der Waals surface area contributed by atoms with E-state index in [9.17, 15) is 0 Å². The molecule has 0 fully saturated rings. The van der Waals surface area contributed by atoms with E-state index < -0.39 is 0 Å². The summed E-state index contributed by atoms with van der Waals surface area (Å²) < 4.78 is 15.4. The molecule has 0 atom stereocenters.